The standard InChI is InChI=1S/C23H25N5O/c1-16-13-18(17(2)28(16)20-9-6-7-10-21(20)29-3)14-19(15-24)23-26-25-22-11-5-4-8-12-27(22)23/h6-7,9-10,13-14H,4-5,8,11-12H2,1-3H3. The Kier molecular flexibility index (Phi) is 5.22. The molecule has 0 fully saturated rings. The Bertz CT molecular complexity index is 1110. The van der Waals surface area contributed by atoms with Gasteiger partial charge >= 0.3 is 0 Å². The van der Waals surface area contributed by atoms with Crippen LogP contribution < -0.4 is 4.74 Å². The molecule has 0 saturated carbocycles. The van der Waals surface area contributed by atoms with Crippen molar-refractivity contribution in [3.63, 3.8) is 0 Å². The number of allylic oxidation sites excluding steroid dienone is 1. The summed E-state index contributed by atoms with van der Waals surface area (Å²) in [5.74, 6) is 2.47. The Labute approximate surface area is 171 Å². The molecular weight excluding hydrogens is 362 g/mol. The van der Waals surface area contributed by atoms with Crippen LogP contribution in [0.4, 0.5) is 0 Å². The highest BCUT2D eigenvalue weighted by molar-refractivity contribution is 5.88. The third-order valence-corrected chi connectivity index (χ3v) is 5.57. The Morgan fingerprint density at radius 2 is 2.00 bits per heavy atom. The van der Waals surface area contributed by atoms with Gasteiger partial charge in [-0.3, -0.25) is 0 Å². The van der Waals surface area contributed by atoms with Crippen molar-refractivity contribution in [2.75, 3.05) is 7.11 Å². The second kappa shape index (κ2) is 7.96. The molecule has 0 radical (unpaired) electrons. The van der Waals surface area contributed by atoms with Gasteiger partial charge in [-0.05, 0) is 56.5 Å². The van der Waals surface area contributed by atoms with Gasteiger partial charge in [-0.25, -0.2) is 0 Å². The summed E-state index contributed by atoms with van der Waals surface area (Å²) in [5, 5.41) is 18.6. The second-order valence-electron chi connectivity index (χ2n) is 7.41. The number of ether oxygens (including phenoxy) is 1. The van der Waals surface area contributed by atoms with Gasteiger partial charge in [0, 0.05) is 24.4 Å². The summed E-state index contributed by atoms with van der Waals surface area (Å²) in [6, 6.07) is 12.4. The highest BCUT2D eigenvalue weighted by atomic mass is 16.5. The van der Waals surface area contributed by atoms with Gasteiger partial charge in [-0.15, -0.1) is 10.2 Å². The fourth-order valence-electron chi connectivity index (χ4n) is 4.11. The molecule has 6 heteroatoms. The highest BCUT2D eigenvalue weighted by Gasteiger charge is 2.19. The van der Waals surface area contributed by atoms with Crippen LogP contribution in [0.3, 0.4) is 0 Å². The zero-order valence-corrected chi connectivity index (χ0v) is 17.1. The van der Waals surface area contributed by atoms with E-state index in [-0.39, 0.29) is 0 Å². The molecule has 0 unspecified atom stereocenters. The van der Waals surface area contributed by atoms with E-state index < -0.39 is 0 Å². The number of fused-ring (bicyclic) bond motifs is 1. The number of aryl methyl sites for hydroxylation is 2. The quantitative estimate of drug-likeness (QED) is 0.619. The molecule has 0 atom stereocenters. The molecule has 29 heavy (non-hydrogen) atoms. The minimum Gasteiger partial charge on any atom is -0.495 e. The molecule has 3 heterocycles. The third kappa shape index (κ3) is 3.44. The van der Waals surface area contributed by atoms with Gasteiger partial charge in [0.1, 0.15) is 17.6 Å². The number of benzene rings is 1. The molecule has 2 aromatic heterocycles. The fraction of sp³-hybridized carbons (Fsp3) is 0.348. The predicted molar refractivity (Wildman–Crippen MR) is 113 cm³/mol. The topological polar surface area (TPSA) is 68.7 Å². The third-order valence-electron chi connectivity index (χ3n) is 5.57. The molecule has 0 saturated heterocycles. The first-order chi connectivity index (χ1) is 14.1. The van der Waals surface area contributed by atoms with Gasteiger partial charge in [0.25, 0.3) is 0 Å². The number of hydrogen-bond acceptors (Lipinski definition) is 4. The number of aromatic nitrogens is 4. The largest absolute Gasteiger partial charge is 0.495 e. The summed E-state index contributed by atoms with van der Waals surface area (Å²) in [5.41, 5.74) is 4.66. The van der Waals surface area contributed by atoms with Crippen molar-refractivity contribution < 1.29 is 4.74 Å². The van der Waals surface area contributed by atoms with Crippen molar-refractivity contribution in [2.45, 2.75) is 46.1 Å². The van der Waals surface area contributed by atoms with E-state index in [0.717, 1.165) is 60.0 Å². The van der Waals surface area contributed by atoms with Crippen molar-refractivity contribution in [3.05, 3.63) is 58.9 Å². The number of rotatable bonds is 4. The average molecular weight is 387 g/mol. The lowest BCUT2D eigenvalue weighted by Gasteiger charge is -2.13. The van der Waals surface area contributed by atoms with Crippen molar-refractivity contribution in [3.8, 4) is 17.5 Å². The number of nitrogens with zero attached hydrogens (tertiary/aromatic N) is 5. The molecule has 148 valence electrons. The van der Waals surface area contributed by atoms with Crippen LogP contribution in [0.2, 0.25) is 0 Å². The minimum absolute atomic E-state index is 0.547. The predicted octanol–water partition coefficient (Wildman–Crippen LogP) is 4.48. The lowest BCUT2D eigenvalue weighted by atomic mass is 10.1. The molecule has 0 N–H and O–H groups in total. The molecule has 0 amide bonds. The van der Waals surface area contributed by atoms with Crippen molar-refractivity contribution in [1.82, 2.24) is 19.3 Å². The van der Waals surface area contributed by atoms with Crippen LogP contribution in [0.1, 0.15) is 47.9 Å². The summed E-state index contributed by atoms with van der Waals surface area (Å²) in [6.07, 6.45) is 6.27. The molecule has 1 aliphatic rings. The smallest absolute Gasteiger partial charge is 0.174 e. The Morgan fingerprint density at radius 1 is 1.17 bits per heavy atom. The molecule has 1 aliphatic heterocycles. The average Bonchev–Trinajstić information content (AvgIpc) is 3.15. The van der Waals surface area contributed by atoms with Gasteiger partial charge in [0.05, 0.1) is 18.4 Å². The van der Waals surface area contributed by atoms with Crippen LogP contribution in [-0.2, 0) is 13.0 Å². The molecule has 0 bridgehead atoms. The Morgan fingerprint density at radius 3 is 2.79 bits per heavy atom. The summed E-state index contributed by atoms with van der Waals surface area (Å²) in [6.45, 7) is 4.99. The van der Waals surface area contributed by atoms with E-state index in [4.69, 9.17) is 4.74 Å². The molecular formula is C23H25N5O. The van der Waals surface area contributed by atoms with Gasteiger partial charge in [0.15, 0.2) is 5.82 Å². The summed E-state index contributed by atoms with van der Waals surface area (Å²) >= 11 is 0. The molecule has 6 nitrogen and oxygen atoms in total. The first-order valence-electron chi connectivity index (χ1n) is 10.0. The maximum atomic E-state index is 9.87. The Hall–Kier alpha value is -3.33. The van der Waals surface area contributed by atoms with Crippen LogP contribution in [0.15, 0.2) is 30.3 Å². The van der Waals surface area contributed by atoms with Crippen LogP contribution >= 0.6 is 0 Å². The van der Waals surface area contributed by atoms with E-state index in [1.54, 1.807) is 7.11 Å². The lowest BCUT2D eigenvalue weighted by Crippen LogP contribution is -2.05. The van der Waals surface area contributed by atoms with E-state index in [2.05, 4.69) is 45.3 Å². The zero-order valence-electron chi connectivity index (χ0n) is 17.1. The molecule has 0 spiro atoms. The van der Waals surface area contributed by atoms with Crippen LogP contribution in [-0.4, -0.2) is 26.4 Å². The zero-order chi connectivity index (χ0) is 20.4. The number of methoxy groups -OCH3 is 1. The van der Waals surface area contributed by atoms with Gasteiger partial charge < -0.3 is 13.9 Å². The first kappa shape index (κ1) is 19.0. The molecule has 3 aromatic rings. The van der Waals surface area contributed by atoms with Gasteiger partial charge in [-0.2, -0.15) is 5.26 Å². The fourth-order valence-corrected chi connectivity index (χ4v) is 4.11. The van der Waals surface area contributed by atoms with Crippen molar-refractivity contribution in [2.24, 2.45) is 0 Å². The highest BCUT2D eigenvalue weighted by Crippen LogP contribution is 2.30. The van der Waals surface area contributed by atoms with Crippen LogP contribution in [0.5, 0.6) is 5.75 Å². The number of para-hydroxylation sites is 2. The SMILES string of the molecule is COc1ccccc1-n1c(C)cc(C=C(C#N)c2nnc3n2CCCCC3)c1C. The van der Waals surface area contributed by atoms with Gasteiger partial charge in [0.2, 0.25) is 0 Å². The first-order valence-corrected chi connectivity index (χ1v) is 10.0. The van der Waals surface area contributed by atoms with E-state index in [1.165, 1.54) is 6.42 Å². The molecule has 4 rings (SSSR count). The maximum absolute atomic E-state index is 9.87. The van der Waals surface area contributed by atoms with E-state index >= 15 is 0 Å². The molecule has 0 aliphatic carbocycles. The van der Waals surface area contributed by atoms with Crippen molar-refractivity contribution in [1.29, 1.82) is 5.26 Å². The number of hydrogen-bond donors (Lipinski definition) is 0. The summed E-state index contributed by atoms with van der Waals surface area (Å²) in [4.78, 5) is 0. The van der Waals surface area contributed by atoms with E-state index in [0.29, 0.717) is 11.4 Å². The van der Waals surface area contributed by atoms with Crippen LogP contribution in [0.25, 0.3) is 17.3 Å². The Balaban J connectivity index is 1.79. The van der Waals surface area contributed by atoms with Crippen molar-refractivity contribution >= 4 is 11.6 Å². The second-order valence-corrected chi connectivity index (χ2v) is 7.41. The van der Waals surface area contributed by atoms with Gasteiger partial charge in [-0.1, -0.05) is 18.6 Å². The normalized spacial score (nSPS) is 14.2. The van der Waals surface area contributed by atoms with Crippen LogP contribution in [0, 0.1) is 25.2 Å². The van der Waals surface area contributed by atoms with E-state index in [1.807, 2.05) is 30.3 Å². The maximum Gasteiger partial charge on any atom is 0.174 e. The summed E-state index contributed by atoms with van der Waals surface area (Å²) in [7, 11) is 1.68. The number of nitriles is 1. The monoisotopic (exact) mass is 387 g/mol. The van der Waals surface area contributed by atoms with E-state index in [9.17, 15) is 5.26 Å². The summed E-state index contributed by atoms with van der Waals surface area (Å²) < 4.78 is 9.81. The minimum atomic E-state index is 0.547. The molecule has 1 aromatic carbocycles. The lowest BCUT2D eigenvalue weighted by molar-refractivity contribution is 0.412.